The summed E-state index contributed by atoms with van der Waals surface area (Å²) in [4.78, 5) is 0. The van der Waals surface area contributed by atoms with Crippen molar-refractivity contribution >= 4 is 11.6 Å². The van der Waals surface area contributed by atoms with E-state index in [2.05, 4.69) is 4.74 Å². The van der Waals surface area contributed by atoms with Crippen molar-refractivity contribution < 1.29 is 19.3 Å². The third-order valence-corrected chi connectivity index (χ3v) is 1.54. The molecule has 0 saturated carbocycles. The average molecular weight is 212 g/mol. The van der Waals surface area contributed by atoms with Crippen LogP contribution in [0, 0.1) is 6.61 Å². The van der Waals surface area contributed by atoms with Crippen molar-refractivity contribution in [1.29, 1.82) is 0 Å². The molecule has 4 nitrogen and oxygen atoms in total. The van der Waals surface area contributed by atoms with Crippen molar-refractivity contribution in [3.05, 3.63) is 6.61 Å². The van der Waals surface area contributed by atoms with Crippen molar-refractivity contribution in [2.24, 2.45) is 0 Å². The van der Waals surface area contributed by atoms with Gasteiger partial charge in [-0.25, -0.2) is 0 Å². The van der Waals surface area contributed by atoms with E-state index in [0.717, 1.165) is 20.3 Å². The first-order valence-electron chi connectivity index (χ1n) is 3.97. The molecule has 0 bridgehead atoms. The minimum Gasteiger partial charge on any atom is -0.400 e. The Bertz CT molecular complexity index is 104. The number of epoxide rings is 2. The van der Waals surface area contributed by atoms with E-state index in [9.17, 15) is 0 Å². The average Bonchev–Trinajstić information content (AvgIpc) is 3.05. The number of hydrogen-bond acceptors (Lipinski definition) is 4. The van der Waals surface area contributed by atoms with Gasteiger partial charge >= 0.3 is 0 Å². The summed E-state index contributed by atoms with van der Waals surface area (Å²) in [5.41, 5.74) is 0. The standard InChI is InChI=1S/C4H8O2.C3H4ClO.CH4O/c1-5-2-4-3-6-4;4-1-3-2-5-3;1-2/h4H,2-3H2,1H3;2-3H,1H2;2H,1H3/q;+1;. The number of halogens is 1. The van der Waals surface area contributed by atoms with Crippen LogP contribution in [-0.4, -0.2) is 50.6 Å². The number of aliphatic hydroxyl groups excluding tert-OH is 1. The minimum atomic E-state index is 0.275. The molecule has 2 atom stereocenters. The van der Waals surface area contributed by atoms with Gasteiger partial charge in [-0.3, -0.25) is 0 Å². The number of aliphatic hydroxyl groups is 1. The van der Waals surface area contributed by atoms with Crippen LogP contribution >= 0.6 is 11.6 Å². The second-order valence-corrected chi connectivity index (χ2v) is 2.68. The highest BCUT2D eigenvalue weighted by Gasteiger charge is 2.37. The van der Waals surface area contributed by atoms with Gasteiger partial charge in [-0.1, -0.05) is 0 Å². The van der Waals surface area contributed by atoms with E-state index in [1.165, 1.54) is 0 Å². The van der Waals surface area contributed by atoms with Crippen molar-refractivity contribution in [2.75, 3.05) is 33.3 Å². The maximum atomic E-state index is 7.00. The fraction of sp³-hybridized carbons (Fsp3) is 0.875. The molecule has 0 spiro atoms. The zero-order valence-corrected chi connectivity index (χ0v) is 8.66. The van der Waals surface area contributed by atoms with Crippen LogP contribution in [0.4, 0.5) is 0 Å². The van der Waals surface area contributed by atoms with E-state index < -0.39 is 0 Å². The Morgan fingerprint density at radius 1 is 1.62 bits per heavy atom. The first-order chi connectivity index (χ1) is 6.36. The summed E-state index contributed by atoms with van der Waals surface area (Å²) in [5, 5.41) is 7.00. The van der Waals surface area contributed by atoms with Crippen molar-refractivity contribution in [3.8, 4) is 0 Å². The van der Waals surface area contributed by atoms with E-state index in [-0.39, 0.29) is 6.10 Å². The van der Waals surface area contributed by atoms with E-state index in [1.54, 1.807) is 13.7 Å². The molecule has 0 radical (unpaired) electrons. The lowest BCUT2D eigenvalue weighted by molar-refractivity contribution is 0.171. The highest BCUT2D eigenvalue weighted by molar-refractivity contribution is 6.18. The predicted octanol–water partition coefficient (Wildman–Crippen LogP) is 0.426. The maximum Gasteiger partial charge on any atom is 0.288 e. The molecular formula is C8H16ClO4+. The Balaban J connectivity index is 0.000000189. The van der Waals surface area contributed by atoms with Gasteiger partial charge in [0.2, 0.25) is 0 Å². The molecule has 1 N–H and O–H groups in total. The first kappa shape index (κ1) is 13.0. The van der Waals surface area contributed by atoms with Gasteiger partial charge in [0.25, 0.3) is 12.7 Å². The quantitative estimate of drug-likeness (QED) is 0.418. The second-order valence-electron chi connectivity index (χ2n) is 2.38. The van der Waals surface area contributed by atoms with Crippen molar-refractivity contribution in [1.82, 2.24) is 0 Å². The molecule has 0 aromatic rings. The summed E-state index contributed by atoms with van der Waals surface area (Å²) in [6.07, 6.45) is 0.701. The van der Waals surface area contributed by atoms with E-state index >= 15 is 0 Å². The summed E-state index contributed by atoms with van der Waals surface area (Å²) in [5.74, 6) is 0.611. The Kier molecular flexibility index (Phi) is 8.59. The van der Waals surface area contributed by atoms with Crippen LogP contribution in [0.1, 0.15) is 0 Å². The molecule has 5 heteroatoms. The molecule has 0 aliphatic carbocycles. The lowest BCUT2D eigenvalue weighted by atomic mass is 10.5. The lowest BCUT2D eigenvalue weighted by Gasteiger charge is -1.84. The third-order valence-electron chi connectivity index (χ3n) is 1.24. The topological polar surface area (TPSA) is 54.5 Å². The number of alkyl halides is 1. The number of rotatable bonds is 3. The number of ether oxygens (including phenoxy) is 3. The minimum absolute atomic E-state index is 0.275. The summed E-state index contributed by atoms with van der Waals surface area (Å²) in [7, 11) is 2.68. The Morgan fingerprint density at radius 3 is 2.23 bits per heavy atom. The van der Waals surface area contributed by atoms with E-state index in [1.807, 2.05) is 0 Å². The van der Waals surface area contributed by atoms with Gasteiger partial charge in [0.1, 0.15) is 6.10 Å². The Hall–Kier alpha value is -0.0000000000000000208. The molecule has 2 aliphatic rings. The molecule has 78 valence electrons. The van der Waals surface area contributed by atoms with E-state index in [4.69, 9.17) is 26.2 Å². The molecular weight excluding hydrogens is 196 g/mol. The molecule has 2 heterocycles. The Labute approximate surface area is 83.7 Å². The normalized spacial score (nSPS) is 27.1. The molecule has 2 fully saturated rings. The summed E-state index contributed by atoms with van der Waals surface area (Å²) < 4.78 is 14.2. The van der Waals surface area contributed by atoms with Crippen LogP contribution in [0.25, 0.3) is 0 Å². The summed E-state index contributed by atoms with van der Waals surface area (Å²) in [6.45, 7) is 3.38. The molecule has 2 rings (SSSR count). The van der Waals surface area contributed by atoms with Crippen LogP contribution in [0.5, 0.6) is 0 Å². The second kappa shape index (κ2) is 8.59. The number of hydrogen-bond donors (Lipinski definition) is 1. The van der Waals surface area contributed by atoms with Gasteiger partial charge in [-0.05, 0) is 0 Å². The van der Waals surface area contributed by atoms with Crippen molar-refractivity contribution in [2.45, 2.75) is 12.2 Å². The van der Waals surface area contributed by atoms with Crippen LogP contribution in [0.15, 0.2) is 0 Å². The van der Waals surface area contributed by atoms with Gasteiger partial charge in [-0.2, -0.15) is 0 Å². The monoisotopic (exact) mass is 211 g/mol. The number of methoxy groups -OCH3 is 1. The summed E-state index contributed by atoms with van der Waals surface area (Å²) in [6, 6.07) is 0. The van der Waals surface area contributed by atoms with Gasteiger partial charge < -0.3 is 14.6 Å². The zero-order valence-electron chi connectivity index (χ0n) is 7.90. The largest absolute Gasteiger partial charge is 0.400 e. The fourth-order valence-electron chi connectivity index (χ4n) is 0.478. The third kappa shape index (κ3) is 9.92. The van der Waals surface area contributed by atoms with Crippen LogP contribution < -0.4 is 0 Å². The zero-order chi connectivity index (χ0) is 10.1. The Morgan fingerprint density at radius 2 is 2.15 bits per heavy atom. The molecule has 0 amide bonds. The van der Waals surface area contributed by atoms with Crippen LogP contribution in [0.2, 0.25) is 0 Å². The first-order valence-corrected chi connectivity index (χ1v) is 4.50. The molecule has 2 unspecified atom stereocenters. The lowest BCUT2D eigenvalue weighted by Crippen LogP contribution is -1.94. The molecule has 13 heavy (non-hydrogen) atoms. The molecule has 2 saturated heterocycles. The predicted molar refractivity (Wildman–Crippen MR) is 49.7 cm³/mol. The fourth-order valence-corrected chi connectivity index (χ4v) is 0.624. The highest BCUT2D eigenvalue weighted by atomic mass is 35.5. The van der Waals surface area contributed by atoms with Crippen LogP contribution in [-0.2, 0) is 14.2 Å². The SMILES string of the molecule is CO.COCC1CO1.ClCC1[CH+]O1. The van der Waals surface area contributed by atoms with Gasteiger partial charge in [-0.15, -0.1) is 16.3 Å². The van der Waals surface area contributed by atoms with Crippen molar-refractivity contribution in [3.63, 3.8) is 0 Å². The highest BCUT2D eigenvalue weighted by Crippen LogP contribution is 2.15. The molecule has 0 aromatic carbocycles. The van der Waals surface area contributed by atoms with Crippen LogP contribution in [0.3, 0.4) is 0 Å². The van der Waals surface area contributed by atoms with Gasteiger partial charge in [0.15, 0.2) is 0 Å². The molecule has 2 aliphatic heterocycles. The maximum absolute atomic E-state index is 7.00. The molecule has 0 aromatic heterocycles. The summed E-state index contributed by atoms with van der Waals surface area (Å²) >= 11 is 5.24. The smallest absolute Gasteiger partial charge is 0.288 e. The van der Waals surface area contributed by atoms with E-state index in [0.29, 0.717) is 12.0 Å². The van der Waals surface area contributed by atoms with Gasteiger partial charge in [0.05, 0.1) is 19.1 Å². The van der Waals surface area contributed by atoms with Gasteiger partial charge in [0, 0.05) is 14.2 Å².